The van der Waals surface area contributed by atoms with Gasteiger partial charge in [-0.15, -0.1) is 13.2 Å². The highest BCUT2D eigenvalue weighted by Gasteiger charge is 2.48. The van der Waals surface area contributed by atoms with Gasteiger partial charge in [-0.25, -0.2) is 4.39 Å². The molecule has 1 aliphatic heterocycles. The van der Waals surface area contributed by atoms with Gasteiger partial charge in [0.1, 0.15) is 18.2 Å². The second-order valence-electron chi connectivity index (χ2n) is 10.8. The largest absolute Gasteiger partial charge is 0.522 e. The fourth-order valence-electron chi connectivity index (χ4n) is 6.13. The molecule has 0 spiro atoms. The molecule has 0 unspecified atom stereocenters. The number of carbonyl (C=O) groups is 2. The van der Waals surface area contributed by atoms with E-state index in [0.29, 0.717) is 25.0 Å². The van der Waals surface area contributed by atoms with Gasteiger partial charge in [-0.3, -0.25) is 14.3 Å². The molecule has 3 fully saturated rings. The summed E-state index contributed by atoms with van der Waals surface area (Å²) in [6.45, 7) is -0.286. The van der Waals surface area contributed by atoms with Crippen LogP contribution in [0.1, 0.15) is 55.8 Å². The van der Waals surface area contributed by atoms with Crippen molar-refractivity contribution < 1.29 is 59.6 Å². The van der Waals surface area contributed by atoms with Crippen molar-refractivity contribution in [1.29, 1.82) is 0 Å². The van der Waals surface area contributed by atoms with Crippen molar-refractivity contribution >= 4 is 11.8 Å². The molecule has 0 aromatic heterocycles. The summed E-state index contributed by atoms with van der Waals surface area (Å²) in [6.07, 6.45) is -12.1. The van der Waals surface area contributed by atoms with E-state index in [1.165, 1.54) is 0 Å². The summed E-state index contributed by atoms with van der Waals surface area (Å²) < 4.78 is 104. The lowest BCUT2D eigenvalue weighted by Crippen LogP contribution is -2.50. The van der Waals surface area contributed by atoms with Crippen LogP contribution >= 0.6 is 0 Å². The van der Waals surface area contributed by atoms with Crippen molar-refractivity contribution in [3.8, 4) is 5.75 Å². The highest BCUT2D eigenvalue weighted by atomic mass is 19.4. The molecular formula is C25H27F7N2O6. The zero-order valence-electron chi connectivity index (χ0n) is 20.9. The van der Waals surface area contributed by atoms with Crippen LogP contribution in [0.4, 0.5) is 30.7 Å². The van der Waals surface area contributed by atoms with Crippen LogP contribution in [-0.4, -0.2) is 60.3 Å². The van der Waals surface area contributed by atoms with Crippen LogP contribution in [0, 0.1) is 17.7 Å². The molecule has 1 aromatic carbocycles. The number of hydrogen-bond donors (Lipinski definition) is 3. The number of nitrogens with one attached hydrogen (secondary N) is 2. The van der Waals surface area contributed by atoms with E-state index in [4.69, 9.17) is 9.47 Å². The first-order valence-electron chi connectivity index (χ1n) is 12.9. The van der Waals surface area contributed by atoms with Crippen molar-refractivity contribution in [1.82, 2.24) is 10.6 Å². The van der Waals surface area contributed by atoms with Crippen LogP contribution in [0.15, 0.2) is 12.1 Å². The predicted molar refractivity (Wildman–Crippen MR) is 120 cm³/mol. The number of alkyl halides is 6. The van der Waals surface area contributed by atoms with E-state index in [1.54, 1.807) is 0 Å². The van der Waals surface area contributed by atoms with E-state index in [2.05, 4.69) is 15.4 Å². The molecule has 1 heterocycles. The second-order valence-corrected chi connectivity index (χ2v) is 10.8. The van der Waals surface area contributed by atoms with Crippen molar-refractivity contribution in [3.05, 3.63) is 29.1 Å². The number of rotatable bonds is 7. The van der Waals surface area contributed by atoms with Crippen LogP contribution in [0.3, 0.4) is 0 Å². The summed E-state index contributed by atoms with van der Waals surface area (Å²) in [5.41, 5.74) is -1.77. The maximum Gasteiger partial charge on any atom is 0.522 e. The molecule has 222 valence electrons. The summed E-state index contributed by atoms with van der Waals surface area (Å²) in [5.74, 6) is -2.75. The molecule has 3 aliphatic carbocycles. The third-order valence-electron chi connectivity index (χ3n) is 8.10. The van der Waals surface area contributed by atoms with Gasteiger partial charge in [0.25, 0.3) is 5.91 Å². The van der Waals surface area contributed by atoms with Gasteiger partial charge in [-0.2, -0.15) is 13.2 Å². The minimum atomic E-state index is -4.95. The van der Waals surface area contributed by atoms with E-state index < -0.39 is 54.2 Å². The molecule has 8 nitrogen and oxygen atoms in total. The predicted octanol–water partition coefficient (Wildman–Crippen LogP) is 3.51. The number of fused-ring (bicyclic) bond motifs is 3. The molecule has 0 radical (unpaired) electrons. The number of hydrogen-bond acceptors (Lipinski definition) is 6. The van der Waals surface area contributed by atoms with Crippen LogP contribution < -0.4 is 15.4 Å². The monoisotopic (exact) mass is 584 g/mol. The Balaban J connectivity index is 1.06. The molecule has 6 atom stereocenters. The lowest BCUT2D eigenvalue weighted by atomic mass is 9.90. The molecule has 0 saturated heterocycles. The fraction of sp³-hybridized carbons (Fsp3) is 0.680. The Morgan fingerprint density at radius 1 is 0.925 bits per heavy atom. The van der Waals surface area contributed by atoms with Gasteiger partial charge in [0, 0.05) is 43.0 Å². The standard InChI is InChI=1S/C25H27F7N2O6/c26-16-7-20-14(6-15(16)24(27,28)29)19(35)8-21(39-20)23(37)34-18-3-10-1-11(18)2-17(10)33-22(36)9-38-12-4-13(5-12)40-25(30,31)32/h6-7,10-13,17-19,21,35H,1-5,8-9H2,(H,33,36)(H,34,37)/t10-,11-,12?,13?,17+,18+,19+,21+/m0/s1. The summed E-state index contributed by atoms with van der Waals surface area (Å²) in [4.78, 5) is 25.1. The van der Waals surface area contributed by atoms with E-state index in [0.717, 1.165) is 6.42 Å². The van der Waals surface area contributed by atoms with Crippen molar-refractivity contribution in [2.24, 2.45) is 11.8 Å². The van der Waals surface area contributed by atoms with Crippen molar-refractivity contribution in [3.63, 3.8) is 0 Å². The average Bonchev–Trinajstić information content (AvgIpc) is 3.38. The van der Waals surface area contributed by atoms with E-state index in [-0.39, 0.29) is 67.0 Å². The van der Waals surface area contributed by atoms with Gasteiger partial charge in [0.2, 0.25) is 5.91 Å². The first-order valence-corrected chi connectivity index (χ1v) is 12.9. The van der Waals surface area contributed by atoms with E-state index in [9.17, 15) is 45.4 Å². The van der Waals surface area contributed by atoms with Gasteiger partial charge in [0.05, 0.1) is 23.9 Å². The molecule has 1 aromatic rings. The Labute approximate surface area is 223 Å². The smallest absolute Gasteiger partial charge is 0.480 e. The Bertz CT molecular complexity index is 1140. The molecule has 40 heavy (non-hydrogen) atoms. The molecule has 4 aliphatic rings. The first kappa shape index (κ1) is 28.9. The zero-order chi connectivity index (χ0) is 29.0. The highest BCUT2D eigenvalue weighted by Crippen LogP contribution is 2.45. The van der Waals surface area contributed by atoms with E-state index in [1.807, 2.05) is 0 Å². The topological polar surface area (TPSA) is 106 Å². The number of ether oxygens (including phenoxy) is 3. The Morgan fingerprint density at radius 3 is 2.17 bits per heavy atom. The maximum absolute atomic E-state index is 14.0. The zero-order valence-corrected chi connectivity index (χ0v) is 20.9. The normalized spacial score (nSPS) is 33.1. The number of benzene rings is 1. The second kappa shape index (κ2) is 10.6. The number of halogens is 7. The minimum Gasteiger partial charge on any atom is -0.480 e. The fourth-order valence-corrected chi connectivity index (χ4v) is 6.13. The highest BCUT2D eigenvalue weighted by molar-refractivity contribution is 5.82. The Kier molecular flexibility index (Phi) is 7.68. The molecule has 3 N–H and O–H groups in total. The van der Waals surface area contributed by atoms with Gasteiger partial charge in [-0.1, -0.05) is 0 Å². The van der Waals surface area contributed by atoms with E-state index >= 15 is 0 Å². The third kappa shape index (κ3) is 6.30. The van der Waals surface area contributed by atoms with Crippen molar-refractivity contribution in [2.45, 2.75) is 87.6 Å². The SMILES string of the molecule is O=C(COC1CC(OC(F)(F)F)C1)N[C@@H]1C[C@@H]2C[C@H]1C[C@H]2NC(=O)[C@H]1C[C@@H](O)c2cc(C(F)(F)F)c(F)cc2O1. The van der Waals surface area contributed by atoms with Crippen LogP contribution in [-0.2, 0) is 25.2 Å². The van der Waals surface area contributed by atoms with Crippen LogP contribution in [0.25, 0.3) is 0 Å². The summed E-state index contributed by atoms with van der Waals surface area (Å²) in [6, 6.07) is 0.621. The molecular weight excluding hydrogens is 557 g/mol. The van der Waals surface area contributed by atoms with Crippen molar-refractivity contribution in [2.75, 3.05) is 6.61 Å². The average molecular weight is 584 g/mol. The quantitative estimate of drug-likeness (QED) is 0.424. The van der Waals surface area contributed by atoms with Crippen LogP contribution in [0.5, 0.6) is 5.75 Å². The van der Waals surface area contributed by atoms with Crippen LogP contribution in [0.2, 0.25) is 0 Å². The molecule has 15 heteroatoms. The lowest BCUT2D eigenvalue weighted by molar-refractivity contribution is -0.357. The summed E-state index contributed by atoms with van der Waals surface area (Å²) >= 11 is 0. The molecule has 2 amide bonds. The van der Waals surface area contributed by atoms with Gasteiger partial charge in [-0.05, 0) is 37.2 Å². The molecule has 2 bridgehead atoms. The first-order chi connectivity index (χ1) is 18.7. The maximum atomic E-state index is 14.0. The summed E-state index contributed by atoms with van der Waals surface area (Å²) in [5, 5.41) is 16.1. The number of carbonyl (C=O) groups excluding carboxylic acids is 2. The lowest BCUT2D eigenvalue weighted by Gasteiger charge is -2.35. The Hall–Kier alpha value is -2.65. The van der Waals surface area contributed by atoms with Gasteiger partial charge >= 0.3 is 12.5 Å². The summed E-state index contributed by atoms with van der Waals surface area (Å²) in [7, 11) is 0. The minimum absolute atomic E-state index is 0.0414. The number of aliphatic hydroxyl groups excluding tert-OH is 1. The molecule has 3 saturated carbocycles. The molecule has 5 rings (SSSR count). The van der Waals surface area contributed by atoms with Gasteiger partial charge < -0.3 is 25.2 Å². The number of amides is 2. The number of aliphatic hydroxyl groups is 1. The Morgan fingerprint density at radius 2 is 1.57 bits per heavy atom. The third-order valence-corrected chi connectivity index (χ3v) is 8.10. The van der Waals surface area contributed by atoms with Gasteiger partial charge in [0.15, 0.2) is 6.10 Å².